The summed E-state index contributed by atoms with van der Waals surface area (Å²) in [5, 5.41) is 0. The predicted molar refractivity (Wildman–Crippen MR) is 134 cm³/mol. The van der Waals surface area contributed by atoms with E-state index >= 15 is 0 Å². The first-order valence-electron chi connectivity index (χ1n) is 11.3. The van der Waals surface area contributed by atoms with Gasteiger partial charge >= 0.3 is 0 Å². The zero-order valence-electron chi connectivity index (χ0n) is 20.2. The molecule has 2 aromatic rings. The molecule has 31 heavy (non-hydrogen) atoms. The van der Waals surface area contributed by atoms with Crippen LogP contribution in [0.1, 0.15) is 65.5 Å². The molecule has 0 fully saturated rings. The summed E-state index contributed by atoms with van der Waals surface area (Å²) < 4.78 is 12.9. The van der Waals surface area contributed by atoms with Crippen molar-refractivity contribution in [2.75, 3.05) is 13.2 Å². The molecule has 0 heterocycles. The number of halogens is 1. The first-order valence-corrected chi connectivity index (χ1v) is 11.3. The van der Waals surface area contributed by atoms with Gasteiger partial charge in [-0.15, -0.1) is 12.4 Å². The Morgan fingerprint density at radius 1 is 0.839 bits per heavy atom. The van der Waals surface area contributed by atoms with E-state index in [1.807, 2.05) is 30.3 Å². The van der Waals surface area contributed by atoms with Gasteiger partial charge in [-0.1, -0.05) is 70.2 Å². The third-order valence-electron chi connectivity index (χ3n) is 5.23. The van der Waals surface area contributed by atoms with Crippen LogP contribution in [0.3, 0.4) is 0 Å². The van der Waals surface area contributed by atoms with E-state index in [0.717, 1.165) is 25.0 Å². The highest BCUT2D eigenvalue weighted by Gasteiger charge is 2.35. The third kappa shape index (κ3) is 9.22. The van der Waals surface area contributed by atoms with Crippen molar-refractivity contribution in [1.29, 1.82) is 0 Å². The van der Waals surface area contributed by atoms with Crippen LogP contribution in [0.25, 0.3) is 0 Å². The number of hydrogen-bond donors (Lipinski definition) is 1. The van der Waals surface area contributed by atoms with Gasteiger partial charge in [0.2, 0.25) is 0 Å². The second-order valence-corrected chi connectivity index (χ2v) is 9.98. The summed E-state index contributed by atoms with van der Waals surface area (Å²) in [7, 11) is 0. The smallest absolute Gasteiger partial charge is 0.133 e. The van der Waals surface area contributed by atoms with Gasteiger partial charge < -0.3 is 15.2 Å². The van der Waals surface area contributed by atoms with Gasteiger partial charge in [-0.05, 0) is 68.2 Å². The lowest BCUT2D eigenvalue weighted by atomic mass is 9.85. The Kier molecular flexibility index (Phi) is 11.1. The molecule has 4 heteroatoms. The van der Waals surface area contributed by atoms with Crippen LogP contribution in [0.2, 0.25) is 0 Å². The molecule has 0 unspecified atom stereocenters. The molecule has 2 aromatic carbocycles. The monoisotopic (exact) mass is 447 g/mol. The van der Waals surface area contributed by atoms with E-state index in [1.54, 1.807) is 0 Å². The number of nitrogens with two attached hydrogens (primary N) is 1. The normalized spacial score (nSPS) is 12.2. The minimum Gasteiger partial charge on any atom is -0.485 e. The van der Waals surface area contributed by atoms with Crippen molar-refractivity contribution in [3.63, 3.8) is 0 Å². The molecule has 0 saturated carbocycles. The maximum absolute atomic E-state index is 6.61. The lowest BCUT2D eigenvalue weighted by molar-refractivity contribution is -0.0515. The summed E-state index contributed by atoms with van der Waals surface area (Å²) in [6.45, 7) is 14.4. The average molecular weight is 448 g/mol. The minimum absolute atomic E-state index is 0. The Balaban J connectivity index is 0.00000480. The number of benzene rings is 2. The lowest BCUT2D eigenvalue weighted by Gasteiger charge is -2.37. The van der Waals surface area contributed by atoms with Crippen LogP contribution in [0, 0.1) is 11.8 Å². The highest BCUT2D eigenvalue weighted by atomic mass is 35.5. The first-order chi connectivity index (χ1) is 14.1. The third-order valence-corrected chi connectivity index (χ3v) is 5.23. The van der Waals surface area contributed by atoms with Crippen LogP contribution < -0.4 is 10.5 Å². The summed E-state index contributed by atoms with van der Waals surface area (Å²) >= 11 is 0. The van der Waals surface area contributed by atoms with E-state index < -0.39 is 0 Å². The molecule has 0 aromatic heterocycles. The number of para-hydroxylation sites is 1. The predicted octanol–water partition coefficient (Wildman–Crippen LogP) is 6.77. The maximum atomic E-state index is 6.61. The van der Waals surface area contributed by atoms with Crippen LogP contribution in [0.15, 0.2) is 54.6 Å². The van der Waals surface area contributed by atoms with Crippen molar-refractivity contribution in [2.24, 2.45) is 17.6 Å². The maximum Gasteiger partial charge on any atom is 0.133 e. The van der Waals surface area contributed by atoms with Crippen LogP contribution in [0.5, 0.6) is 5.75 Å². The molecule has 0 spiro atoms. The first kappa shape index (κ1) is 27.5. The average Bonchev–Trinajstić information content (AvgIpc) is 2.64. The van der Waals surface area contributed by atoms with Crippen molar-refractivity contribution in [2.45, 2.75) is 71.9 Å². The van der Waals surface area contributed by atoms with Crippen LogP contribution in [0.4, 0.5) is 0 Å². The number of hydrogen-bond acceptors (Lipinski definition) is 3. The molecule has 174 valence electrons. The molecular weight excluding hydrogens is 406 g/mol. The molecule has 0 bridgehead atoms. The number of ether oxygens (including phenoxy) is 2. The molecule has 0 aliphatic heterocycles. The van der Waals surface area contributed by atoms with E-state index in [9.17, 15) is 0 Å². The van der Waals surface area contributed by atoms with E-state index in [2.05, 4.69) is 65.8 Å². The fourth-order valence-electron chi connectivity index (χ4n) is 4.35. The van der Waals surface area contributed by atoms with Gasteiger partial charge in [0.25, 0.3) is 0 Å². The van der Waals surface area contributed by atoms with E-state index in [1.165, 1.54) is 11.1 Å². The van der Waals surface area contributed by atoms with E-state index in [-0.39, 0.29) is 23.5 Å². The van der Waals surface area contributed by atoms with Gasteiger partial charge in [-0.2, -0.15) is 0 Å². The van der Waals surface area contributed by atoms with E-state index in [0.29, 0.717) is 25.0 Å². The Morgan fingerprint density at radius 3 is 1.94 bits per heavy atom. The molecule has 0 aliphatic rings. The fourth-order valence-corrected chi connectivity index (χ4v) is 4.35. The zero-order valence-corrected chi connectivity index (χ0v) is 21.0. The van der Waals surface area contributed by atoms with Crippen molar-refractivity contribution in [3.05, 3.63) is 65.7 Å². The molecule has 0 atom stereocenters. The van der Waals surface area contributed by atoms with Gasteiger partial charge in [0.15, 0.2) is 0 Å². The van der Waals surface area contributed by atoms with Crippen molar-refractivity contribution in [1.82, 2.24) is 0 Å². The summed E-state index contributed by atoms with van der Waals surface area (Å²) in [6.07, 6.45) is 2.78. The van der Waals surface area contributed by atoms with Crippen LogP contribution in [-0.4, -0.2) is 18.8 Å². The topological polar surface area (TPSA) is 44.5 Å². The molecule has 0 radical (unpaired) electrons. The van der Waals surface area contributed by atoms with Gasteiger partial charge in [-0.25, -0.2) is 0 Å². The van der Waals surface area contributed by atoms with Gasteiger partial charge in [-0.3, -0.25) is 0 Å². The van der Waals surface area contributed by atoms with Crippen molar-refractivity contribution < 1.29 is 9.47 Å². The molecule has 0 aliphatic carbocycles. The van der Waals surface area contributed by atoms with Crippen molar-refractivity contribution >= 4 is 12.4 Å². The molecule has 0 amide bonds. The van der Waals surface area contributed by atoms with Crippen LogP contribution >= 0.6 is 12.4 Å². The summed E-state index contributed by atoms with van der Waals surface area (Å²) in [6, 6.07) is 18.5. The van der Waals surface area contributed by atoms with Gasteiger partial charge in [0.1, 0.15) is 11.4 Å². The molecule has 2 rings (SSSR count). The largest absolute Gasteiger partial charge is 0.485 e. The highest BCUT2D eigenvalue weighted by Crippen LogP contribution is 2.31. The second-order valence-electron chi connectivity index (χ2n) is 9.98. The molecular formula is C27H42ClNO2. The molecule has 0 saturated heterocycles. The van der Waals surface area contributed by atoms with Gasteiger partial charge in [0, 0.05) is 5.54 Å². The standard InChI is InChI=1S/C27H41NO2.ClH/c1-21(2)18-27(19-22(3)4,30-24-13-8-7-9-14-24)20-29-17-16-23-12-10-11-15-25(23)26(5,6)28;/h7-15,21-22H,16-20,28H2,1-6H3;1H. The van der Waals surface area contributed by atoms with Crippen LogP contribution in [-0.2, 0) is 16.7 Å². The van der Waals surface area contributed by atoms with Gasteiger partial charge in [0.05, 0.1) is 13.2 Å². The Bertz CT molecular complexity index is 743. The van der Waals surface area contributed by atoms with Crippen molar-refractivity contribution in [3.8, 4) is 5.75 Å². The minimum atomic E-state index is -0.355. The quantitative estimate of drug-likeness (QED) is 0.365. The molecule has 2 N–H and O–H groups in total. The zero-order chi connectivity index (χ0) is 22.2. The highest BCUT2D eigenvalue weighted by molar-refractivity contribution is 5.85. The Labute approximate surface area is 196 Å². The number of rotatable bonds is 12. The molecule has 3 nitrogen and oxygen atoms in total. The SMILES string of the molecule is CC(C)CC(COCCc1ccccc1C(C)(C)N)(CC(C)C)Oc1ccccc1.Cl. The summed E-state index contributed by atoms with van der Waals surface area (Å²) in [4.78, 5) is 0. The second kappa shape index (κ2) is 12.5. The Hall–Kier alpha value is -1.55. The lowest BCUT2D eigenvalue weighted by Crippen LogP contribution is -2.44. The summed E-state index contributed by atoms with van der Waals surface area (Å²) in [5.41, 5.74) is 8.13. The Morgan fingerprint density at radius 2 is 1.39 bits per heavy atom. The summed E-state index contributed by atoms with van der Waals surface area (Å²) in [5.74, 6) is 1.96. The van der Waals surface area contributed by atoms with E-state index in [4.69, 9.17) is 15.2 Å². The fraction of sp³-hybridized carbons (Fsp3) is 0.556.